The first kappa shape index (κ1) is 20.4. The number of esters is 1. The molecule has 0 radical (unpaired) electrons. The lowest BCUT2D eigenvalue weighted by atomic mass is 9.77. The van der Waals surface area contributed by atoms with Crippen molar-refractivity contribution in [2.45, 2.75) is 39.2 Å². The van der Waals surface area contributed by atoms with Gasteiger partial charge in [-0.15, -0.1) is 0 Å². The van der Waals surface area contributed by atoms with E-state index in [9.17, 15) is 4.79 Å². The standard InChI is InChI=1S/C22H31N3O3/c1-2-27-21(26)22(12-18-28-20-9-4-3-5-10-20)11-6-14-24(19-22)15-8-17-25-16-7-13-23-25/h3-5,7,9-10,13,16H,2,6,8,11-12,14-15,17-19H2,1H3/t22-/m0/s1. The number of aromatic nitrogens is 2. The second-order valence-electron chi connectivity index (χ2n) is 7.41. The molecule has 1 atom stereocenters. The van der Waals surface area contributed by atoms with E-state index in [1.807, 2.05) is 54.2 Å². The average Bonchev–Trinajstić information content (AvgIpc) is 3.23. The highest BCUT2D eigenvalue weighted by Gasteiger charge is 2.43. The molecule has 2 aromatic rings. The molecule has 1 aromatic carbocycles. The number of piperidine rings is 1. The van der Waals surface area contributed by atoms with Gasteiger partial charge >= 0.3 is 5.97 Å². The molecular weight excluding hydrogens is 354 g/mol. The molecule has 152 valence electrons. The summed E-state index contributed by atoms with van der Waals surface area (Å²) < 4.78 is 13.3. The SMILES string of the molecule is CCOC(=O)[C@]1(CCOc2ccccc2)CCCN(CCCn2cccn2)C1. The number of hydrogen-bond donors (Lipinski definition) is 0. The number of rotatable bonds is 10. The molecule has 0 aliphatic carbocycles. The second kappa shape index (κ2) is 10.3. The van der Waals surface area contributed by atoms with Crippen LogP contribution in [0.1, 0.15) is 32.6 Å². The zero-order valence-electron chi connectivity index (χ0n) is 16.8. The Balaban J connectivity index is 1.56. The van der Waals surface area contributed by atoms with Crippen LogP contribution in [-0.2, 0) is 16.1 Å². The number of aryl methyl sites for hydroxylation is 1. The van der Waals surface area contributed by atoms with Crippen LogP contribution in [0.25, 0.3) is 0 Å². The van der Waals surface area contributed by atoms with E-state index in [0.717, 1.165) is 51.2 Å². The van der Waals surface area contributed by atoms with Crippen molar-refractivity contribution in [2.24, 2.45) is 5.41 Å². The normalized spacial score (nSPS) is 20.0. The van der Waals surface area contributed by atoms with Gasteiger partial charge in [0.05, 0.1) is 18.6 Å². The Morgan fingerprint density at radius 1 is 1.21 bits per heavy atom. The highest BCUT2D eigenvalue weighted by molar-refractivity contribution is 5.77. The molecule has 28 heavy (non-hydrogen) atoms. The summed E-state index contributed by atoms with van der Waals surface area (Å²) in [5, 5.41) is 4.26. The van der Waals surface area contributed by atoms with E-state index in [0.29, 0.717) is 19.6 Å². The van der Waals surface area contributed by atoms with Gasteiger partial charge in [0, 0.05) is 25.5 Å². The van der Waals surface area contributed by atoms with Gasteiger partial charge < -0.3 is 14.4 Å². The molecule has 0 spiro atoms. The van der Waals surface area contributed by atoms with E-state index < -0.39 is 5.41 Å². The van der Waals surface area contributed by atoms with Crippen molar-refractivity contribution < 1.29 is 14.3 Å². The van der Waals surface area contributed by atoms with Gasteiger partial charge in [-0.05, 0) is 63.9 Å². The topological polar surface area (TPSA) is 56.6 Å². The zero-order chi connectivity index (χ0) is 19.7. The van der Waals surface area contributed by atoms with Crippen LogP contribution in [-0.4, -0.2) is 53.5 Å². The lowest BCUT2D eigenvalue weighted by Gasteiger charge is -2.41. The first-order valence-corrected chi connectivity index (χ1v) is 10.3. The summed E-state index contributed by atoms with van der Waals surface area (Å²) in [5.41, 5.74) is -0.477. The number of ether oxygens (including phenoxy) is 2. The first-order chi connectivity index (χ1) is 13.7. The minimum Gasteiger partial charge on any atom is -0.494 e. The van der Waals surface area contributed by atoms with E-state index in [1.165, 1.54) is 0 Å². The summed E-state index contributed by atoms with van der Waals surface area (Å²) in [5.74, 6) is 0.761. The molecule has 1 fully saturated rings. The van der Waals surface area contributed by atoms with Crippen molar-refractivity contribution in [3.8, 4) is 5.75 Å². The summed E-state index contributed by atoms with van der Waals surface area (Å²) in [6.45, 7) is 6.43. The highest BCUT2D eigenvalue weighted by Crippen LogP contribution is 2.35. The maximum Gasteiger partial charge on any atom is 0.313 e. The lowest BCUT2D eigenvalue weighted by molar-refractivity contribution is -0.160. The van der Waals surface area contributed by atoms with Crippen LogP contribution in [0, 0.1) is 5.41 Å². The van der Waals surface area contributed by atoms with Gasteiger partial charge in [0.1, 0.15) is 5.75 Å². The number of para-hydroxylation sites is 1. The van der Waals surface area contributed by atoms with Gasteiger partial charge in [-0.25, -0.2) is 0 Å². The largest absolute Gasteiger partial charge is 0.494 e. The molecule has 1 aliphatic heterocycles. The van der Waals surface area contributed by atoms with Crippen LogP contribution in [0.15, 0.2) is 48.8 Å². The predicted octanol–water partition coefficient (Wildman–Crippen LogP) is 3.39. The number of carbonyl (C=O) groups is 1. The first-order valence-electron chi connectivity index (χ1n) is 10.3. The molecule has 0 unspecified atom stereocenters. The van der Waals surface area contributed by atoms with Crippen molar-refractivity contribution in [2.75, 3.05) is 32.8 Å². The van der Waals surface area contributed by atoms with Crippen LogP contribution >= 0.6 is 0 Å². The number of likely N-dealkylation sites (tertiary alicyclic amines) is 1. The molecule has 1 aliphatic rings. The number of nitrogens with zero attached hydrogens (tertiary/aromatic N) is 3. The molecule has 1 aromatic heterocycles. The van der Waals surface area contributed by atoms with Crippen molar-refractivity contribution >= 4 is 5.97 Å². The Bertz CT molecular complexity index is 705. The van der Waals surface area contributed by atoms with Crippen molar-refractivity contribution in [1.29, 1.82) is 0 Å². The van der Waals surface area contributed by atoms with Gasteiger partial charge in [0.15, 0.2) is 0 Å². The fourth-order valence-electron chi connectivity index (χ4n) is 3.94. The van der Waals surface area contributed by atoms with Crippen LogP contribution in [0.2, 0.25) is 0 Å². The van der Waals surface area contributed by atoms with E-state index in [2.05, 4.69) is 10.00 Å². The summed E-state index contributed by atoms with van der Waals surface area (Å²) in [6, 6.07) is 11.7. The van der Waals surface area contributed by atoms with Gasteiger partial charge in [-0.2, -0.15) is 5.10 Å². The summed E-state index contributed by atoms with van der Waals surface area (Å²) >= 11 is 0. The van der Waals surface area contributed by atoms with Crippen molar-refractivity contribution in [3.63, 3.8) is 0 Å². The summed E-state index contributed by atoms with van der Waals surface area (Å²) in [7, 11) is 0. The van der Waals surface area contributed by atoms with Crippen LogP contribution in [0.3, 0.4) is 0 Å². The third-order valence-corrected chi connectivity index (χ3v) is 5.38. The molecule has 2 heterocycles. The third-order valence-electron chi connectivity index (χ3n) is 5.38. The van der Waals surface area contributed by atoms with E-state index >= 15 is 0 Å². The van der Waals surface area contributed by atoms with E-state index in [-0.39, 0.29) is 5.97 Å². The number of carbonyl (C=O) groups excluding carboxylic acids is 1. The molecule has 1 saturated heterocycles. The monoisotopic (exact) mass is 385 g/mol. The Labute approximate surface area is 167 Å². The molecule has 0 amide bonds. The second-order valence-corrected chi connectivity index (χ2v) is 7.41. The minimum atomic E-state index is -0.477. The third kappa shape index (κ3) is 5.58. The maximum atomic E-state index is 12.8. The molecule has 0 saturated carbocycles. The highest BCUT2D eigenvalue weighted by atomic mass is 16.5. The molecule has 6 heteroatoms. The number of benzene rings is 1. The molecular formula is C22H31N3O3. The molecule has 0 bridgehead atoms. The summed E-state index contributed by atoms with van der Waals surface area (Å²) in [4.78, 5) is 15.2. The van der Waals surface area contributed by atoms with Crippen LogP contribution in [0.5, 0.6) is 5.75 Å². The Morgan fingerprint density at radius 3 is 2.82 bits per heavy atom. The Morgan fingerprint density at radius 2 is 2.07 bits per heavy atom. The molecule has 3 rings (SSSR count). The number of hydrogen-bond acceptors (Lipinski definition) is 5. The fourth-order valence-corrected chi connectivity index (χ4v) is 3.94. The zero-order valence-corrected chi connectivity index (χ0v) is 16.8. The van der Waals surface area contributed by atoms with Gasteiger partial charge in [0.2, 0.25) is 0 Å². The van der Waals surface area contributed by atoms with E-state index in [1.54, 1.807) is 6.20 Å². The van der Waals surface area contributed by atoms with E-state index in [4.69, 9.17) is 9.47 Å². The van der Waals surface area contributed by atoms with Crippen LogP contribution < -0.4 is 4.74 Å². The molecule has 0 N–H and O–H groups in total. The maximum absolute atomic E-state index is 12.8. The lowest BCUT2D eigenvalue weighted by Crippen LogP contribution is -2.49. The Hall–Kier alpha value is -2.34. The van der Waals surface area contributed by atoms with Gasteiger partial charge in [0.25, 0.3) is 0 Å². The van der Waals surface area contributed by atoms with Crippen molar-refractivity contribution in [1.82, 2.24) is 14.7 Å². The predicted molar refractivity (Wildman–Crippen MR) is 108 cm³/mol. The fraction of sp³-hybridized carbons (Fsp3) is 0.545. The van der Waals surface area contributed by atoms with Crippen molar-refractivity contribution in [3.05, 3.63) is 48.8 Å². The average molecular weight is 386 g/mol. The van der Waals surface area contributed by atoms with Gasteiger partial charge in [-0.1, -0.05) is 18.2 Å². The Kier molecular flexibility index (Phi) is 7.48. The molecule has 6 nitrogen and oxygen atoms in total. The van der Waals surface area contributed by atoms with Crippen LogP contribution in [0.4, 0.5) is 0 Å². The summed E-state index contributed by atoms with van der Waals surface area (Å²) in [6.07, 6.45) is 7.35. The van der Waals surface area contributed by atoms with Gasteiger partial charge in [-0.3, -0.25) is 9.48 Å². The quantitative estimate of drug-likeness (QED) is 0.587. The minimum absolute atomic E-state index is 0.0802. The smallest absolute Gasteiger partial charge is 0.313 e.